The monoisotopic (exact) mass is 776 g/mol. The van der Waals surface area contributed by atoms with Crippen molar-refractivity contribution < 1.29 is 28.7 Å². The molecule has 3 aromatic carbocycles. The molecule has 3 heterocycles. The van der Waals surface area contributed by atoms with E-state index < -0.39 is 24.3 Å². The first-order valence-corrected chi connectivity index (χ1v) is 19.8. The van der Waals surface area contributed by atoms with E-state index in [0.29, 0.717) is 6.54 Å². The summed E-state index contributed by atoms with van der Waals surface area (Å²) in [5, 5.41) is 13.0. The van der Waals surface area contributed by atoms with Crippen LogP contribution in [0.3, 0.4) is 0 Å². The Kier molecular flexibility index (Phi) is 11.5. The smallest absolute Gasteiger partial charge is 0.407 e. The number of amides is 4. The Balaban J connectivity index is 1.06. The number of aromatic nitrogens is 4. The first kappa shape index (κ1) is 39.3. The molecule has 5 atom stereocenters. The highest BCUT2D eigenvalue weighted by Gasteiger charge is 2.38. The number of hydrogen-bond acceptors (Lipinski definition) is 8. The van der Waals surface area contributed by atoms with Gasteiger partial charge in [0, 0.05) is 29.6 Å². The summed E-state index contributed by atoms with van der Waals surface area (Å²) in [4.78, 5) is 69.0. The molecule has 0 unspecified atom stereocenters. The number of nitrogens with one attached hydrogen (secondary N) is 5. The first-order chi connectivity index (χ1) is 27.4. The van der Waals surface area contributed by atoms with Gasteiger partial charge in [-0.15, -0.1) is 0 Å². The number of hydrogen-bond donors (Lipinski definition) is 5. The molecule has 1 aliphatic carbocycles. The summed E-state index contributed by atoms with van der Waals surface area (Å²) in [6, 6.07) is 15.4. The first-order valence-electron chi connectivity index (χ1n) is 19.8. The molecule has 4 amide bonds. The molecular weight excluding hydrogens is 725 g/mol. The number of rotatable bonds is 11. The van der Waals surface area contributed by atoms with Crippen molar-refractivity contribution in [1.82, 2.24) is 40.8 Å². The van der Waals surface area contributed by atoms with Gasteiger partial charge in [-0.05, 0) is 71.2 Å². The lowest BCUT2D eigenvalue weighted by molar-refractivity contribution is -0.135. The number of aromatic amines is 2. The van der Waals surface area contributed by atoms with Crippen LogP contribution in [0.4, 0.5) is 9.59 Å². The van der Waals surface area contributed by atoms with Crippen molar-refractivity contribution in [2.75, 3.05) is 20.8 Å². The van der Waals surface area contributed by atoms with Gasteiger partial charge in [-0.2, -0.15) is 0 Å². The van der Waals surface area contributed by atoms with Crippen LogP contribution >= 0.6 is 0 Å². The Morgan fingerprint density at radius 3 is 1.86 bits per heavy atom. The van der Waals surface area contributed by atoms with E-state index in [1.807, 2.05) is 45.0 Å². The number of H-pyrrole nitrogens is 2. The van der Waals surface area contributed by atoms with Gasteiger partial charge in [0.05, 0.1) is 44.0 Å². The summed E-state index contributed by atoms with van der Waals surface area (Å²) in [5.74, 6) is 1.03. The summed E-state index contributed by atoms with van der Waals surface area (Å²) in [6.07, 6.45) is 6.75. The van der Waals surface area contributed by atoms with E-state index in [4.69, 9.17) is 19.4 Å². The lowest BCUT2D eigenvalue weighted by atomic mass is 9.97. The fraction of sp³-hybridized carbons (Fsp3) is 0.442. The predicted molar refractivity (Wildman–Crippen MR) is 217 cm³/mol. The van der Waals surface area contributed by atoms with E-state index in [1.54, 1.807) is 0 Å². The van der Waals surface area contributed by atoms with Crippen LogP contribution in [0.25, 0.3) is 44.1 Å². The quantitative estimate of drug-likeness (QED) is 0.0893. The Hall–Kier alpha value is -5.92. The maximum atomic E-state index is 13.6. The molecule has 2 aromatic heterocycles. The summed E-state index contributed by atoms with van der Waals surface area (Å²) < 4.78 is 9.50. The summed E-state index contributed by atoms with van der Waals surface area (Å²) in [5.41, 5.74) is 3.78. The highest BCUT2D eigenvalue weighted by atomic mass is 16.5. The number of carbonyl (C=O) groups excluding carboxylic acids is 4. The SMILES string of the molecule is COC(=O)N[C@H](C(=O)N[C@@H]1CCC[C@@H]1c1ncc(-c2ccc3c(ccc4cc(-c5cnc([C@@H]6CCCN6C(=O)[C@@H](NC(=O)OC)C(C)C)[nH]5)ccc43)c2)[nH]1)C(C)C. The molecule has 0 spiro atoms. The Labute approximate surface area is 331 Å². The predicted octanol–water partition coefficient (Wildman–Crippen LogP) is 6.95. The minimum absolute atomic E-state index is 0.0327. The van der Waals surface area contributed by atoms with E-state index in [1.165, 1.54) is 14.2 Å². The molecular formula is C43H52N8O6. The molecule has 2 aliphatic rings. The number of likely N-dealkylation sites (tertiary alicyclic amines) is 1. The van der Waals surface area contributed by atoms with Crippen molar-refractivity contribution in [1.29, 1.82) is 0 Å². The second kappa shape index (κ2) is 16.7. The van der Waals surface area contributed by atoms with Gasteiger partial charge in [0.1, 0.15) is 23.7 Å². The zero-order valence-electron chi connectivity index (χ0n) is 33.3. The van der Waals surface area contributed by atoms with Crippen LogP contribution in [0.1, 0.15) is 83.4 Å². The Bertz CT molecular complexity index is 2280. The van der Waals surface area contributed by atoms with Gasteiger partial charge >= 0.3 is 12.2 Å². The van der Waals surface area contributed by atoms with Crippen LogP contribution in [0.15, 0.2) is 60.9 Å². The summed E-state index contributed by atoms with van der Waals surface area (Å²) in [7, 11) is 2.58. The second-order valence-electron chi connectivity index (χ2n) is 15.9. The van der Waals surface area contributed by atoms with E-state index in [0.717, 1.165) is 87.8 Å². The number of ether oxygens (including phenoxy) is 2. The van der Waals surface area contributed by atoms with Crippen molar-refractivity contribution in [2.45, 2.75) is 89.9 Å². The van der Waals surface area contributed by atoms with Crippen LogP contribution in [-0.4, -0.2) is 87.7 Å². The van der Waals surface area contributed by atoms with Gasteiger partial charge in [-0.1, -0.05) is 70.5 Å². The number of alkyl carbamates (subject to hydrolysis) is 2. The molecule has 7 rings (SSSR count). The third kappa shape index (κ3) is 8.16. The van der Waals surface area contributed by atoms with Gasteiger partial charge in [0.2, 0.25) is 11.8 Å². The molecule has 57 heavy (non-hydrogen) atoms. The van der Waals surface area contributed by atoms with E-state index in [9.17, 15) is 19.2 Å². The third-order valence-corrected chi connectivity index (χ3v) is 11.5. The normalized spacial score (nSPS) is 19.2. The molecule has 1 aliphatic heterocycles. The molecule has 0 bridgehead atoms. The minimum atomic E-state index is -0.695. The highest BCUT2D eigenvalue weighted by molar-refractivity contribution is 6.09. The number of imidazole rings is 2. The number of benzene rings is 3. The summed E-state index contributed by atoms with van der Waals surface area (Å²) in [6.45, 7) is 8.18. The molecule has 0 radical (unpaired) electrons. The molecule has 14 nitrogen and oxygen atoms in total. The number of carbonyl (C=O) groups is 4. The van der Waals surface area contributed by atoms with Crippen molar-refractivity contribution in [3.05, 3.63) is 72.6 Å². The number of methoxy groups -OCH3 is 2. The van der Waals surface area contributed by atoms with E-state index in [-0.39, 0.29) is 41.7 Å². The fourth-order valence-electron chi connectivity index (χ4n) is 8.38. The van der Waals surface area contributed by atoms with Crippen molar-refractivity contribution in [3.63, 3.8) is 0 Å². The molecule has 1 saturated heterocycles. The average Bonchev–Trinajstić information content (AvgIpc) is 4.05. The molecule has 5 N–H and O–H groups in total. The van der Waals surface area contributed by atoms with Crippen molar-refractivity contribution in [3.8, 4) is 22.5 Å². The van der Waals surface area contributed by atoms with Gasteiger partial charge in [-0.25, -0.2) is 19.6 Å². The van der Waals surface area contributed by atoms with E-state index >= 15 is 0 Å². The molecule has 1 saturated carbocycles. The minimum Gasteiger partial charge on any atom is -0.453 e. The summed E-state index contributed by atoms with van der Waals surface area (Å²) >= 11 is 0. The number of nitrogens with zero attached hydrogens (tertiary/aromatic N) is 3. The maximum absolute atomic E-state index is 13.6. The lowest BCUT2D eigenvalue weighted by Crippen LogP contribution is -2.52. The van der Waals surface area contributed by atoms with Crippen molar-refractivity contribution in [2.24, 2.45) is 11.8 Å². The van der Waals surface area contributed by atoms with Crippen LogP contribution in [0.5, 0.6) is 0 Å². The van der Waals surface area contributed by atoms with Crippen LogP contribution in [-0.2, 0) is 19.1 Å². The van der Waals surface area contributed by atoms with Gasteiger partial charge < -0.3 is 40.3 Å². The van der Waals surface area contributed by atoms with E-state index in [2.05, 4.69) is 74.4 Å². The van der Waals surface area contributed by atoms with Crippen molar-refractivity contribution >= 4 is 45.5 Å². The third-order valence-electron chi connectivity index (χ3n) is 11.5. The fourth-order valence-corrected chi connectivity index (χ4v) is 8.38. The average molecular weight is 777 g/mol. The molecule has 300 valence electrons. The number of fused-ring (bicyclic) bond motifs is 3. The zero-order chi connectivity index (χ0) is 40.4. The topological polar surface area (TPSA) is 183 Å². The van der Waals surface area contributed by atoms with Gasteiger partial charge in [-0.3, -0.25) is 9.59 Å². The Morgan fingerprint density at radius 2 is 1.28 bits per heavy atom. The molecule has 2 fully saturated rings. The van der Waals surface area contributed by atoms with Crippen LogP contribution < -0.4 is 16.0 Å². The zero-order valence-corrected chi connectivity index (χ0v) is 33.3. The van der Waals surface area contributed by atoms with Crippen LogP contribution in [0.2, 0.25) is 0 Å². The van der Waals surface area contributed by atoms with Gasteiger partial charge in [0.15, 0.2) is 0 Å². The standard InChI is InChI=1S/C43H52N8O6/c1-23(2)36(49-42(54)56-5)40(52)48-32-10-7-9-31(32)38-44-21-33(46-38)27-14-16-29-25(19-27)12-13-26-20-28(15-17-30(26)29)34-22-45-39(47-34)35-11-8-18-51(35)41(53)37(24(3)4)50-43(55)57-6/h12-17,19-24,31-32,35-37H,7-11,18H2,1-6H3,(H,44,46)(H,45,47)(H,48,52)(H,49,54)(H,50,55)/t31-,32+,35-,36-,37-/m0/s1. The van der Waals surface area contributed by atoms with Gasteiger partial charge in [0.25, 0.3) is 0 Å². The largest absolute Gasteiger partial charge is 0.453 e. The van der Waals surface area contributed by atoms with Crippen LogP contribution in [0, 0.1) is 11.8 Å². The lowest BCUT2D eigenvalue weighted by Gasteiger charge is -2.30. The maximum Gasteiger partial charge on any atom is 0.407 e. The second-order valence-corrected chi connectivity index (χ2v) is 15.9. The molecule has 5 aromatic rings. The Morgan fingerprint density at radius 1 is 0.719 bits per heavy atom. The molecule has 14 heteroatoms. The highest BCUT2D eigenvalue weighted by Crippen LogP contribution is 2.37.